The first-order valence-electron chi connectivity index (χ1n) is 8.61. The maximum atomic E-state index is 11.8. The highest BCUT2D eigenvalue weighted by Crippen LogP contribution is 2.27. The molecular weight excluding hydrogens is 391 g/mol. The Labute approximate surface area is 169 Å². The minimum absolute atomic E-state index is 0.379. The van der Waals surface area contributed by atoms with Crippen LogP contribution < -0.4 is 10.0 Å². The van der Waals surface area contributed by atoms with E-state index in [1.807, 2.05) is 54.7 Å². The van der Waals surface area contributed by atoms with E-state index in [1.165, 1.54) is 0 Å². The Morgan fingerprint density at radius 3 is 2.62 bits per heavy atom. The molecule has 29 heavy (non-hydrogen) atoms. The van der Waals surface area contributed by atoms with Crippen molar-refractivity contribution in [3.63, 3.8) is 0 Å². The van der Waals surface area contributed by atoms with E-state index < -0.39 is 9.71 Å². The minimum Gasteiger partial charge on any atom is -0.423 e. The van der Waals surface area contributed by atoms with E-state index in [0.717, 1.165) is 22.0 Å². The molecule has 2 N–H and O–H groups in total. The second-order valence-electron chi connectivity index (χ2n) is 6.28. The second-order valence-corrected chi connectivity index (χ2v) is 8.49. The van der Waals surface area contributed by atoms with Gasteiger partial charge in [-0.05, 0) is 41.6 Å². The van der Waals surface area contributed by atoms with Crippen molar-refractivity contribution in [3.8, 4) is 11.3 Å². The van der Waals surface area contributed by atoms with E-state index in [0.29, 0.717) is 24.6 Å². The van der Waals surface area contributed by atoms with E-state index in [9.17, 15) is 8.60 Å². The molecule has 1 atom stereocenters. The fourth-order valence-electron chi connectivity index (χ4n) is 2.74. The molecule has 150 valence electrons. The van der Waals surface area contributed by atoms with Gasteiger partial charge < -0.3 is 14.5 Å². The van der Waals surface area contributed by atoms with Gasteiger partial charge in [0.15, 0.2) is 5.76 Å². The van der Waals surface area contributed by atoms with Crippen LogP contribution in [0.15, 0.2) is 71.5 Å². The van der Waals surface area contributed by atoms with Crippen LogP contribution in [0.25, 0.3) is 22.1 Å². The number of hydrogen-bond donors (Lipinski definition) is 2. The van der Waals surface area contributed by atoms with Crippen LogP contribution in [0.4, 0.5) is 21.8 Å². The van der Waals surface area contributed by atoms with Crippen LogP contribution >= 0.6 is 0 Å². The van der Waals surface area contributed by atoms with Crippen molar-refractivity contribution >= 4 is 43.7 Å². The lowest BCUT2D eigenvalue weighted by molar-refractivity contribution is 0.592. The molecule has 0 saturated carbocycles. The third-order valence-corrected chi connectivity index (χ3v) is 4.55. The predicted octanol–water partition coefficient (Wildman–Crippen LogP) is 4.89. The van der Waals surface area contributed by atoms with Crippen LogP contribution in [0.1, 0.15) is 0 Å². The second kappa shape index (κ2) is 8.74. The summed E-state index contributed by atoms with van der Waals surface area (Å²) in [5, 5.41) is 5.27. The number of anilines is 3. The summed E-state index contributed by atoms with van der Waals surface area (Å²) in [7, 11) is -1.84. The molecular formula is C21H21FN4O2S. The highest BCUT2D eigenvalue weighted by Gasteiger charge is 2.08. The number of alkyl halides is 1. The van der Waals surface area contributed by atoms with Crippen LogP contribution in [-0.4, -0.2) is 33.5 Å². The Morgan fingerprint density at radius 1 is 1.03 bits per heavy atom. The lowest BCUT2D eigenvalue weighted by Gasteiger charge is -2.09. The maximum absolute atomic E-state index is 11.8. The van der Waals surface area contributed by atoms with Gasteiger partial charge >= 0.3 is 0 Å². The Balaban J connectivity index is 0.00000117. The van der Waals surface area contributed by atoms with E-state index >= 15 is 0 Å². The third-order valence-electron chi connectivity index (χ3n) is 3.88. The van der Waals surface area contributed by atoms with Crippen LogP contribution in [0.5, 0.6) is 0 Å². The van der Waals surface area contributed by atoms with Gasteiger partial charge in [-0.3, -0.25) is 9.37 Å². The monoisotopic (exact) mass is 412 g/mol. The summed E-state index contributed by atoms with van der Waals surface area (Å²) >= 11 is 0. The standard InChI is InChI=1S/C20H18N4O2S.CH3F/c1-27(2,25)24-18-5-3-4-17(11-18)23-20-22-13-19(26-20)15-6-7-16-12-21-9-8-14(16)10-15;1-2/h3-13H,1H2,2H3,(H,22,23)(H,24,25);1H3. The molecule has 0 saturated heterocycles. The molecule has 1 unspecified atom stereocenters. The largest absolute Gasteiger partial charge is 0.423 e. The first kappa shape index (κ1) is 20.3. The van der Waals surface area contributed by atoms with E-state index in [-0.39, 0.29) is 0 Å². The van der Waals surface area contributed by atoms with Crippen LogP contribution in [0, 0.1) is 0 Å². The molecule has 2 aromatic heterocycles. The quantitative estimate of drug-likeness (QED) is 0.456. The minimum atomic E-state index is -2.34. The van der Waals surface area contributed by atoms with Gasteiger partial charge in [-0.25, -0.2) is 9.19 Å². The lowest BCUT2D eigenvalue weighted by Crippen LogP contribution is -2.09. The Morgan fingerprint density at radius 2 is 1.83 bits per heavy atom. The number of nitrogens with one attached hydrogen (secondary N) is 2. The normalized spacial score (nSPS) is 12.5. The van der Waals surface area contributed by atoms with Crippen molar-refractivity contribution in [2.45, 2.75) is 0 Å². The lowest BCUT2D eigenvalue weighted by atomic mass is 10.1. The molecule has 2 aromatic carbocycles. The maximum Gasteiger partial charge on any atom is 0.299 e. The molecule has 0 amide bonds. The van der Waals surface area contributed by atoms with E-state index in [1.54, 1.807) is 18.6 Å². The van der Waals surface area contributed by atoms with Crippen LogP contribution in [0.2, 0.25) is 0 Å². The molecule has 0 aliphatic carbocycles. The number of oxazole rings is 1. The summed E-state index contributed by atoms with van der Waals surface area (Å²) in [4.78, 5) is 8.42. The summed E-state index contributed by atoms with van der Waals surface area (Å²) in [6.07, 6.45) is 6.82. The number of benzene rings is 2. The van der Waals surface area contributed by atoms with Crippen molar-refractivity contribution in [2.24, 2.45) is 0 Å². The number of nitrogens with zero attached hydrogens (tertiary/aromatic N) is 2. The molecule has 6 nitrogen and oxygen atoms in total. The summed E-state index contributed by atoms with van der Waals surface area (Å²) in [6.45, 7) is 0. The molecule has 0 aliphatic heterocycles. The van der Waals surface area contributed by atoms with Gasteiger partial charge in [0, 0.05) is 50.7 Å². The number of aromatic nitrogens is 2. The Kier molecular flexibility index (Phi) is 6.13. The summed E-state index contributed by atoms with van der Waals surface area (Å²) in [6, 6.07) is 15.7. The zero-order valence-corrected chi connectivity index (χ0v) is 16.9. The van der Waals surface area contributed by atoms with E-state index in [4.69, 9.17) is 4.42 Å². The predicted molar refractivity (Wildman–Crippen MR) is 119 cm³/mol. The smallest absolute Gasteiger partial charge is 0.299 e. The summed E-state index contributed by atoms with van der Waals surface area (Å²) in [5.41, 5.74) is 2.41. The molecule has 2 heterocycles. The first-order chi connectivity index (χ1) is 14.0. The van der Waals surface area contributed by atoms with Gasteiger partial charge in [-0.2, -0.15) is 0 Å². The molecule has 0 aliphatic rings. The zero-order valence-electron chi connectivity index (χ0n) is 16.1. The summed E-state index contributed by atoms with van der Waals surface area (Å²) < 4.78 is 30.0. The Hall–Kier alpha value is -3.39. The number of halogens is 1. The number of pyridine rings is 1. The van der Waals surface area contributed by atoms with Crippen molar-refractivity contribution in [1.29, 1.82) is 0 Å². The molecule has 4 rings (SSSR count). The van der Waals surface area contributed by atoms with Gasteiger partial charge in [0.1, 0.15) is 0 Å². The topological polar surface area (TPSA) is 80.0 Å². The van der Waals surface area contributed by atoms with Gasteiger partial charge in [-0.15, -0.1) is 0 Å². The summed E-state index contributed by atoms with van der Waals surface area (Å²) in [5.74, 6) is 4.27. The van der Waals surface area contributed by atoms with Gasteiger partial charge in [0.2, 0.25) is 0 Å². The highest BCUT2D eigenvalue weighted by atomic mass is 32.2. The van der Waals surface area contributed by atoms with Crippen molar-refractivity contribution < 1.29 is 13.0 Å². The van der Waals surface area contributed by atoms with Gasteiger partial charge in [-0.1, -0.05) is 18.2 Å². The first-order valence-corrected chi connectivity index (χ1v) is 10.7. The molecule has 8 heteroatoms. The molecule has 0 fully saturated rings. The Bertz CT molecular complexity index is 1220. The number of rotatable bonds is 5. The number of hydrogen-bond acceptors (Lipinski definition) is 5. The zero-order chi connectivity index (χ0) is 20.9. The van der Waals surface area contributed by atoms with Crippen LogP contribution in [-0.2, 0) is 9.71 Å². The van der Waals surface area contributed by atoms with Gasteiger partial charge in [0.05, 0.1) is 13.4 Å². The molecule has 0 spiro atoms. The van der Waals surface area contributed by atoms with Crippen molar-refractivity contribution in [1.82, 2.24) is 9.97 Å². The average molecular weight is 412 g/mol. The highest BCUT2D eigenvalue weighted by molar-refractivity contribution is 8.00. The van der Waals surface area contributed by atoms with Gasteiger partial charge in [0.25, 0.3) is 6.01 Å². The molecule has 4 aromatic rings. The van der Waals surface area contributed by atoms with E-state index in [2.05, 4.69) is 25.9 Å². The molecule has 0 bridgehead atoms. The average Bonchev–Trinajstić information content (AvgIpc) is 3.16. The fraction of sp³-hybridized carbons (Fsp3) is 0.0952. The van der Waals surface area contributed by atoms with Crippen molar-refractivity contribution in [2.75, 3.05) is 23.5 Å². The third kappa shape index (κ3) is 5.32. The van der Waals surface area contributed by atoms with Crippen molar-refractivity contribution in [3.05, 3.63) is 67.1 Å². The fourth-order valence-corrected chi connectivity index (χ4v) is 3.36. The van der Waals surface area contributed by atoms with Crippen LogP contribution in [0.3, 0.4) is 0 Å². The SMILES string of the molecule is C=S(C)(=O)Nc1cccc(Nc2ncc(-c3ccc4cnccc4c3)o2)c1.CF. The number of fused-ring (bicyclic) bond motifs is 1. The molecule has 0 radical (unpaired) electrons.